The van der Waals surface area contributed by atoms with Crippen LogP contribution in [0.2, 0.25) is 0 Å². The topological polar surface area (TPSA) is 51.8 Å². The molecule has 0 radical (unpaired) electrons. The van der Waals surface area contributed by atoms with Crippen molar-refractivity contribution in [3.63, 3.8) is 0 Å². The van der Waals surface area contributed by atoms with Gasteiger partial charge in [0.2, 0.25) is 0 Å². The van der Waals surface area contributed by atoms with Crippen LogP contribution in [0.1, 0.15) is 41.5 Å². The van der Waals surface area contributed by atoms with E-state index in [1.54, 1.807) is 0 Å². The van der Waals surface area contributed by atoms with Crippen molar-refractivity contribution in [1.82, 2.24) is 9.97 Å². The number of halogens is 1. The Morgan fingerprint density at radius 2 is 2.26 bits per heavy atom. The van der Waals surface area contributed by atoms with Gasteiger partial charge in [0, 0.05) is 34.4 Å². The van der Waals surface area contributed by atoms with Gasteiger partial charge in [-0.15, -0.1) is 0 Å². The van der Waals surface area contributed by atoms with Gasteiger partial charge >= 0.3 is 0 Å². The molecule has 1 aromatic heterocycles. The van der Waals surface area contributed by atoms with Crippen LogP contribution in [-0.2, 0) is 12.8 Å². The third kappa shape index (κ3) is 2.85. The van der Waals surface area contributed by atoms with E-state index in [0.29, 0.717) is 0 Å². The maximum absolute atomic E-state index is 6.08. The Labute approximate surface area is 121 Å². The Morgan fingerprint density at radius 1 is 1.37 bits per heavy atom. The predicted octanol–water partition coefficient (Wildman–Crippen LogP) is 3.17. The summed E-state index contributed by atoms with van der Waals surface area (Å²) in [6.07, 6.45) is 5.88. The summed E-state index contributed by atoms with van der Waals surface area (Å²) in [5.74, 6) is 0.881. The van der Waals surface area contributed by atoms with Crippen molar-refractivity contribution in [2.24, 2.45) is 5.73 Å². The van der Waals surface area contributed by atoms with E-state index in [0.717, 1.165) is 47.2 Å². The molecule has 1 aliphatic carbocycles. The minimum Gasteiger partial charge on any atom is -0.324 e. The highest BCUT2D eigenvalue weighted by molar-refractivity contribution is 9.10. The summed E-state index contributed by atoms with van der Waals surface area (Å²) in [5, 5.41) is 0. The first-order valence-electron chi connectivity index (χ1n) is 6.57. The summed E-state index contributed by atoms with van der Waals surface area (Å²) in [6.45, 7) is 0. The molecule has 0 bridgehead atoms. The number of nitrogens with zero attached hydrogens (tertiary/aromatic N) is 2. The van der Waals surface area contributed by atoms with Crippen LogP contribution in [0.25, 0.3) is 0 Å². The highest BCUT2D eigenvalue weighted by Gasteiger charge is 2.18. The Hall–Kier alpha value is -1.26. The SMILES string of the molecule is NC1CCCc2nc(Cc3cccc(Br)c3)ncc21. The first-order valence-corrected chi connectivity index (χ1v) is 7.36. The van der Waals surface area contributed by atoms with Crippen LogP contribution >= 0.6 is 15.9 Å². The molecule has 19 heavy (non-hydrogen) atoms. The van der Waals surface area contributed by atoms with Gasteiger partial charge in [-0.3, -0.25) is 0 Å². The lowest BCUT2D eigenvalue weighted by Crippen LogP contribution is -2.19. The Balaban J connectivity index is 1.86. The van der Waals surface area contributed by atoms with Crippen molar-refractivity contribution < 1.29 is 0 Å². The molecule has 0 fully saturated rings. The average molecular weight is 318 g/mol. The molecule has 98 valence electrons. The smallest absolute Gasteiger partial charge is 0.132 e. The first kappa shape index (κ1) is 12.8. The lowest BCUT2D eigenvalue weighted by Gasteiger charge is -2.21. The molecule has 1 atom stereocenters. The van der Waals surface area contributed by atoms with Crippen LogP contribution in [0.4, 0.5) is 0 Å². The monoisotopic (exact) mass is 317 g/mol. The van der Waals surface area contributed by atoms with Gasteiger partial charge in [-0.05, 0) is 37.0 Å². The van der Waals surface area contributed by atoms with Crippen molar-refractivity contribution in [2.45, 2.75) is 31.7 Å². The van der Waals surface area contributed by atoms with E-state index in [4.69, 9.17) is 5.73 Å². The summed E-state index contributed by atoms with van der Waals surface area (Å²) in [4.78, 5) is 9.14. The molecule has 3 rings (SSSR count). The van der Waals surface area contributed by atoms with E-state index in [1.807, 2.05) is 18.3 Å². The Bertz CT molecular complexity index is 598. The van der Waals surface area contributed by atoms with Crippen LogP contribution in [0.15, 0.2) is 34.9 Å². The molecule has 0 saturated carbocycles. The highest BCUT2D eigenvalue weighted by Crippen LogP contribution is 2.26. The molecule has 0 spiro atoms. The van der Waals surface area contributed by atoms with Gasteiger partial charge < -0.3 is 5.73 Å². The summed E-state index contributed by atoms with van der Waals surface area (Å²) >= 11 is 3.49. The lowest BCUT2D eigenvalue weighted by atomic mass is 9.93. The van der Waals surface area contributed by atoms with Crippen LogP contribution in [-0.4, -0.2) is 9.97 Å². The second kappa shape index (κ2) is 5.39. The normalized spacial score (nSPS) is 18.1. The van der Waals surface area contributed by atoms with E-state index in [2.05, 4.69) is 38.0 Å². The zero-order valence-corrected chi connectivity index (χ0v) is 12.2. The second-order valence-corrected chi connectivity index (χ2v) is 5.91. The number of fused-ring (bicyclic) bond motifs is 1. The summed E-state index contributed by atoms with van der Waals surface area (Å²) in [7, 11) is 0. The third-order valence-corrected chi connectivity index (χ3v) is 4.02. The van der Waals surface area contributed by atoms with Gasteiger partial charge in [-0.25, -0.2) is 9.97 Å². The average Bonchev–Trinajstić information content (AvgIpc) is 2.39. The van der Waals surface area contributed by atoms with Gasteiger partial charge in [0.1, 0.15) is 5.82 Å². The number of aryl methyl sites for hydroxylation is 1. The van der Waals surface area contributed by atoms with Crippen LogP contribution < -0.4 is 5.73 Å². The largest absolute Gasteiger partial charge is 0.324 e. The molecule has 2 N–H and O–H groups in total. The Morgan fingerprint density at radius 3 is 3.11 bits per heavy atom. The molecule has 1 aliphatic rings. The van der Waals surface area contributed by atoms with Crippen molar-refractivity contribution in [3.05, 3.63) is 57.6 Å². The maximum atomic E-state index is 6.08. The summed E-state index contributed by atoms with van der Waals surface area (Å²) in [6, 6.07) is 8.38. The molecule has 3 nitrogen and oxygen atoms in total. The zero-order chi connectivity index (χ0) is 13.2. The number of benzene rings is 1. The number of rotatable bonds is 2. The first-order chi connectivity index (χ1) is 9.22. The van der Waals surface area contributed by atoms with E-state index in [1.165, 1.54) is 5.56 Å². The van der Waals surface area contributed by atoms with Crippen molar-refractivity contribution >= 4 is 15.9 Å². The van der Waals surface area contributed by atoms with Crippen LogP contribution in [0.5, 0.6) is 0 Å². The summed E-state index contributed by atoms with van der Waals surface area (Å²) in [5.41, 5.74) is 9.57. The maximum Gasteiger partial charge on any atom is 0.132 e. The van der Waals surface area contributed by atoms with E-state index >= 15 is 0 Å². The minimum atomic E-state index is 0.115. The van der Waals surface area contributed by atoms with Crippen molar-refractivity contribution in [1.29, 1.82) is 0 Å². The highest BCUT2D eigenvalue weighted by atomic mass is 79.9. The van der Waals surface area contributed by atoms with E-state index in [9.17, 15) is 0 Å². The summed E-state index contributed by atoms with van der Waals surface area (Å²) < 4.78 is 1.09. The molecular weight excluding hydrogens is 302 g/mol. The fourth-order valence-electron chi connectivity index (χ4n) is 2.54. The fourth-order valence-corrected chi connectivity index (χ4v) is 2.98. The molecular formula is C15H16BrN3. The number of aromatic nitrogens is 2. The second-order valence-electron chi connectivity index (χ2n) is 4.99. The van der Waals surface area contributed by atoms with Crippen LogP contribution in [0, 0.1) is 0 Å². The van der Waals surface area contributed by atoms with Gasteiger partial charge in [-0.1, -0.05) is 28.1 Å². The fraction of sp³-hybridized carbons (Fsp3) is 0.333. The van der Waals surface area contributed by atoms with Crippen molar-refractivity contribution in [2.75, 3.05) is 0 Å². The van der Waals surface area contributed by atoms with Gasteiger partial charge in [0.15, 0.2) is 0 Å². The number of hydrogen-bond donors (Lipinski definition) is 1. The Kier molecular flexibility index (Phi) is 3.62. The zero-order valence-electron chi connectivity index (χ0n) is 10.6. The van der Waals surface area contributed by atoms with E-state index < -0.39 is 0 Å². The quantitative estimate of drug-likeness (QED) is 0.925. The van der Waals surface area contributed by atoms with Gasteiger partial charge in [0.25, 0.3) is 0 Å². The molecule has 0 saturated heterocycles. The van der Waals surface area contributed by atoms with Gasteiger partial charge in [-0.2, -0.15) is 0 Å². The number of hydrogen-bond acceptors (Lipinski definition) is 3. The van der Waals surface area contributed by atoms with Crippen molar-refractivity contribution in [3.8, 4) is 0 Å². The molecule has 1 aromatic carbocycles. The number of nitrogens with two attached hydrogens (primary N) is 1. The molecule has 1 unspecified atom stereocenters. The molecule has 4 heteroatoms. The molecule has 1 heterocycles. The predicted molar refractivity (Wildman–Crippen MR) is 78.8 cm³/mol. The van der Waals surface area contributed by atoms with Gasteiger partial charge in [0.05, 0.1) is 0 Å². The molecule has 2 aromatic rings. The van der Waals surface area contributed by atoms with E-state index in [-0.39, 0.29) is 6.04 Å². The minimum absolute atomic E-state index is 0.115. The molecule has 0 amide bonds. The standard InChI is InChI=1S/C15H16BrN3/c16-11-4-1-3-10(7-11)8-15-18-9-12-13(17)5-2-6-14(12)19-15/h1,3-4,7,9,13H,2,5-6,8,17H2. The van der Waals surface area contributed by atoms with Crippen LogP contribution in [0.3, 0.4) is 0 Å². The third-order valence-electron chi connectivity index (χ3n) is 3.53. The molecule has 0 aliphatic heterocycles. The lowest BCUT2D eigenvalue weighted by molar-refractivity contribution is 0.553.